The first kappa shape index (κ1) is 19.5. The van der Waals surface area contributed by atoms with E-state index in [0.717, 1.165) is 16.7 Å². The van der Waals surface area contributed by atoms with Crippen LogP contribution in [0, 0.1) is 0 Å². The lowest BCUT2D eigenvalue weighted by Gasteiger charge is -2.37. The molecule has 1 aliphatic rings. The maximum Gasteiger partial charge on any atom is 0.189 e. The predicted octanol–water partition coefficient (Wildman–Crippen LogP) is 4.33. The van der Waals surface area contributed by atoms with Gasteiger partial charge in [-0.1, -0.05) is 91.0 Å². The van der Waals surface area contributed by atoms with E-state index < -0.39 is 18.0 Å². The fourth-order valence-corrected chi connectivity index (χ4v) is 3.74. The molecule has 0 spiro atoms. The van der Waals surface area contributed by atoms with Gasteiger partial charge in [0.1, 0.15) is 18.3 Å². The quantitative estimate of drug-likeness (QED) is 0.590. The van der Waals surface area contributed by atoms with Gasteiger partial charge in [-0.15, -0.1) is 0 Å². The Labute approximate surface area is 171 Å². The maximum absolute atomic E-state index is 12.3. The minimum absolute atomic E-state index is 0.0458. The van der Waals surface area contributed by atoms with Crippen LogP contribution < -0.4 is 0 Å². The van der Waals surface area contributed by atoms with Crippen molar-refractivity contribution in [2.75, 3.05) is 13.2 Å². The molecule has 0 N–H and O–H groups in total. The molecule has 4 heteroatoms. The molecule has 0 aromatic heterocycles. The van der Waals surface area contributed by atoms with E-state index in [0.29, 0.717) is 0 Å². The van der Waals surface area contributed by atoms with Crippen LogP contribution in [-0.4, -0.2) is 31.4 Å². The summed E-state index contributed by atoms with van der Waals surface area (Å²) in [6.45, 7) is 1.97. The van der Waals surface area contributed by atoms with Crippen molar-refractivity contribution in [2.45, 2.75) is 24.9 Å². The van der Waals surface area contributed by atoms with E-state index in [1.807, 2.05) is 54.6 Å². The molecule has 4 nitrogen and oxygen atoms in total. The van der Waals surface area contributed by atoms with Gasteiger partial charge in [-0.2, -0.15) is 0 Å². The van der Waals surface area contributed by atoms with Gasteiger partial charge in [-0.25, -0.2) is 0 Å². The van der Waals surface area contributed by atoms with Crippen molar-refractivity contribution in [2.24, 2.45) is 0 Å². The smallest absolute Gasteiger partial charge is 0.189 e. The summed E-state index contributed by atoms with van der Waals surface area (Å²) in [6.07, 6.45) is -1.09. The van der Waals surface area contributed by atoms with Crippen LogP contribution in [0.3, 0.4) is 0 Å². The normalized spacial score (nSPS) is 19.8. The molecule has 2 atom stereocenters. The van der Waals surface area contributed by atoms with Crippen molar-refractivity contribution in [3.63, 3.8) is 0 Å². The Balaban J connectivity index is 1.80. The van der Waals surface area contributed by atoms with Crippen LogP contribution in [0.25, 0.3) is 0 Å². The van der Waals surface area contributed by atoms with Gasteiger partial charge in [0.25, 0.3) is 0 Å². The summed E-state index contributed by atoms with van der Waals surface area (Å²) in [5.41, 5.74) is 2.11. The number of carbonyl (C=O) groups excluding carboxylic acids is 1. The number of rotatable bonds is 6. The predicted molar refractivity (Wildman–Crippen MR) is 110 cm³/mol. The third kappa shape index (κ3) is 4.01. The molecule has 29 heavy (non-hydrogen) atoms. The van der Waals surface area contributed by atoms with Crippen LogP contribution in [0.4, 0.5) is 0 Å². The summed E-state index contributed by atoms with van der Waals surface area (Å²) in [5, 5.41) is 0. The van der Waals surface area contributed by atoms with E-state index in [1.54, 1.807) is 6.92 Å². The van der Waals surface area contributed by atoms with E-state index in [9.17, 15) is 4.79 Å². The average molecular weight is 388 g/mol. The van der Waals surface area contributed by atoms with Gasteiger partial charge in [-0.3, -0.25) is 4.79 Å². The highest BCUT2D eigenvalue weighted by atomic mass is 16.7. The molecule has 1 saturated heterocycles. The molecule has 0 amide bonds. The Kier molecular flexibility index (Phi) is 5.86. The summed E-state index contributed by atoms with van der Waals surface area (Å²) < 4.78 is 17.6. The van der Waals surface area contributed by atoms with Crippen molar-refractivity contribution < 1.29 is 19.0 Å². The Bertz CT molecular complexity index is 828. The highest BCUT2D eigenvalue weighted by Gasteiger charge is 2.39. The van der Waals surface area contributed by atoms with Crippen LogP contribution >= 0.6 is 0 Å². The van der Waals surface area contributed by atoms with Crippen molar-refractivity contribution in [1.82, 2.24) is 0 Å². The van der Waals surface area contributed by atoms with Crippen LogP contribution in [-0.2, 0) is 24.6 Å². The highest BCUT2D eigenvalue weighted by molar-refractivity contribution is 5.84. The number of hydrogen-bond donors (Lipinski definition) is 0. The lowest BCUT2D eigenvalue weighted by molar-refractivity contribution is -0.213. The zero-order valence-electron chi connectivity index (χ0n) is 16.4. The van der Waals surface area contributed by atoms with Gasteiger partial charge < -0.3 is 14.2 Å². The number of benzene rings is 3. The maximum atomic E-state index is 12.3. The SMILES string of the molecule is C[C@@H]1OCC(=O)[C@@H](COC(c2ccccc2)(c2ccccc2)c2ccccc2)O1. The Hall–Kier alpha value is -2.79. The van der Waals surface area contributed by atoms with Crippen molar-refractivity contribution in [3.05, 3.63) is 108 Å². The monoisotopic (exact) mass is 388 g/mol. The fourth-order valence-electron chi connectivity index (χ4n) is 3.74. The van der Waals surface area contributed by atoms with Gasteiger partial charge >= 0.3 is 0 Å². The zero-order valence-corrected chi connectivity index (χ0v) is 16.4. The Morgan fingerprint density at radius 3 is 1.72 bits per heavy atom. The van der Waals surface area contributed by atoms with Crippen LogP contribution in [0.5, 0.6) is 0 Å². The third-order valence-electron chi connectivity index (χ3n) is 5.17. The van der Waals surface area contributed by atoms with Gasteiger partial charge in [0.15, 0.2) is 12.1 Å². The van der Waals surface area contributed by atoms with Crippen LogP contribution in [0.1, 0.15) is 23.6 Å². The molecular weight excluding hydrogens is 364 g/mol. The molecule has 0 unspecified atom stereocenters. The highest BCUT2D eigenvalue weighted by Crippen LogP contribution is 2.40. The van der Waals surface area contributed by atoms with E-state index in [1.165, 1.54) is 0 Å². The first-order chi connectivity index (χ1) is 14.2. The number of carbonyl (C=O) groups is 1. The van der Waals surface area contributed by atoms with Gasteiger partial charge in [0, 0.05) is 0 Å². The molecule has 3 aromatic carbocycles. The summed E-state index contributed by atoms with van der Waals surface area (Å²) in [7, 11) is 0. The van der Waals surface area contributed by atoms with E-state index in [4.69, 9.17) is 14.2 Å². The molecule has 3 aromatic rings. The Morgan fingerprint density at radius 1 is 0.828 bits per heavy atom. The van der Waals surface area contributed by atoms with Crippen molar-refractivity contribution >= 4 is 5.78 Å². The number of hydrogen-bond acceptors (Lipinski definition) is 4. The lowest BCUT2D eigenvalue weighted by Crippen LogP contribution is -2.44. The molecular formula is C25H24O4. The van der Waals surface area contributed by atoms with Gasteiger partial charge in [0.05, 0.1) is 6.61 Å². The lowest BCUT2D eigenvalue weighted by atomic mass is 9.80. The summed E-state index contributed by atoms with van der Waals surface area (Å²) in [5.74, 6) is -0.105. The van der Waals surface area contributed by atoms with E-state index in [2.05, 4.69) is 36.4 Å². The second-order valence-electron chi connectivity index (χ2n) is 7.06. The van der Waals surface area contributed by atoms with Crippen LogP contribution in [0.2, 0.25) is 0 Å². The first-order valence-corrected chi connectivity index (χ1v) is 9.80. The molecule has 1 heterocycles. The standard InChI is InChI=1S/C25H24O4/c1-19-27-17-23(26)24(29-19)18-28-25(20-11-5-2-6-12-20,21-13-7-3-8-14-21)22-15-9-4-10-16-22/h2-16,19,24H,17-18H2,1H3/t19-,24-/m1/s1. The molecule has 148 valence electrons. The average Bonchev–Trinajstić information content (AvgIpc) is 2.79. The molecule has 1 fully saturated rings. The fraction of sp³-hybridized carbons (Fsp3) is 0.240. The van der Waals surface area contributed by atoms with E-state index >= 15 is 0 Å². The molecule has 1 aliphatic heterocycles. The minimum atomic E-state index is -0.866. The molecule has 0 saturated carbocycles. The van der Waals surface area contributed by atoms with Crippen molar-refractivity contribution in [1.29, 1.82) is 0 Å². The first-order valence-electron chi connectivity index (χ1n) is 9.80. The summed E-state index contributed by atoms with van der Waals surface area (Å²) >= 11 is 0. The molecule has 0 aliphatic carbocycles. The van der Waals surface area contributed by atoms with Crippen molar-refractivity contribution in [3.8, 4) is 0 Å². The zero-order chi connectivity index (χ0) is 20.1. The van der Waals surface area contributed by atoms with E-state index in [-0.39, 0.29) is 19.0 Å². The Morgan fingerprint density at radius 2 is 1.28 bits per heavy atom. The second kappa shape index (κ2) is 8.70. The topological polar surface area (TPSA) is 44.8 Å². The van der Waals surface area contributed by atoms with Gasteiger partial charge in [-0.05, 0) is 23.6 Å². The van der Waals surface area contributed by atoms with Gasteiger partial charge in [0.2, 0.25) is 0 Å². The number of ketones is 1. The third-order valence-corrected chi connectivity index (χ3v) is 5.17. The largest absolute Gasteiger partial charge is 0.358 e. The summed E-state index contributed by atoms with van der Waals surface area (Å²) in [4.78, 5) is 12.3. The number of Topliss-reactive ketones (excluding diaryl/α,β-unsaturated/α-hetero) is 1. The van der Waals surface area contributed by atoms with Crippen LogP contribution in [0.15, 0.2) is 91.0 Å². The minimum Gasteiger partial charge on any atom is -0.358 e. The molecule has 0 radical (unpaired) electrons. The molecule has 4 rings (SSSR count). The summed E-state index contributed by atoms with van der Waals surface area (Å²) in [6, 6.07) is 30.2. The molecule has 0 bridgehead atoms. The second-order valence-corrected chi connectivity index (χ2v) is 7.06. The number of ether oxygens (including phenoxy) is 3.